The molecule has 0 spiro atoms. The number of sulfonamides is 1. The number of nitriles is 1. The fraction of sp³-hybridized carbons (Fsp3) is 0.462. The van der Waals surface area contributed by atoms with Crippen LogP contribution in [0.4, 0.5) is 0 Å². The van der Waals surface area contributed by atoms with Crippen LogP contribution in [0.3, 0.4) is 0 Å². The molecule has 0 aromatic heterocycles. The van der Waals surface area contributed by atoms with Crippen molar-refractivity contribution in [2.45, 2.75) is 36.7 Å². The molecular formula is C13H17Cl2N3O2S. The molecule has 0 amide bonds. The zero-order valence-corrected chi connectivity index (χ0v) is 13.9. The Morgan fingerprint density at radius 1 is 1.48 bits per heavy atom. The minimum atomic E-state index is -3.60. The lowest BCUT2D eigenvalue weighted by atomic mass is 10.0. The maximum Gasteiger partial charge on any atom is 0.240 e. The third-order valence-electron chi connectivity index (χ3n) is 3.32. The smallest absolute Gasteiger partial charge is 0.240 e. The highest BCUT2D eigenvalue weighted by Crippen LogP contribution is 2.21. The molecule has 2 N–H and O–H groups in total. The second-order valence-corrected chi connectivity index (χ2v) is 7.07. The maximum absolute atomic E-state index is 12.3. The van der Waals surface area contributed by atoms with E-state index in [9.17, 15) is 8.42 Å². The van der Waals surface area contributed by atoms with Gasteiger partial charge < -0.3 is 5.32 Å². The number of nitrogens with zero attached hydrogens (tertiary/aromatic N) is 1. The second kappa shape index (κ2) is 7.43. The molecule has 21 heavy (non-hydrogen) atoms. The van der Waals surface area contributed by atoms with Crippen LogP contribution in [0.1, 0.15) is 25.3 Å². The molecule has 1 aromatic rings. The van der Waals surface area contributed by atoms with E-state index in [1.165, 1.54) is 18.2 Å². The van der Waals surface area contributed by atoms with Crippen molar-refractivity contribution in [1.29, 1.82) is 5.26 Å². The summed E-state index contributed by atoms with van der Waals surface area (Å²) < 4.78 is 27.3. The van der Waals surface area contributed by atoms with E-state index in [1.54, 1.807) is 0 Å². The van der Waals surface area contributed by atoms with E-state index in [4.69, 9.17) is 16.9 Å². The van der Waals surface area contributed by atoms with Crippen LogP contribution in [0, 0.1) is 11.3 Å². The first-order valence-corrected chi connectivity index (χ1v) is 8.24. The number of benzene rings is 1. The topological polar surface area (TPSA) is 82.0 Å². The van der Waals surface area contributed by atoms with Gasteiger partial charge in [0.1, 0.15) is 6.07 Å². The standard InChI is InChI=1S/C13H16ClN3O2S.ClH/c1-9-6-11(4-5-16-9)17-20(18,19)12-3-2-10(8-15)13(14)7-12;/h2-3,7,9,11,16-17H,4-6H2,1H3;1H. The first-order valence-electron chi connectivity index (χ1n) is 6.38. The van der Waals surface area contributed by atoms with Crippen molar-refractivity contribution in [2.75, 3.05) is 6.54 Å². The Hall–Kier alpha value is -0.840. The van der Waals surface area contributed by atoms with Crippen LogP contribution in [-0.4, -0.2) is 27.0 Å². The number of rotatable bonds is 3. The molecule has 0 saturated carbocycles. The average Bonchev–Trinajstić information content (AvgIpc) is 2.38. The fourth-order valence-electron chi connectivity index (χ4n) is 2.28. The molecule has 1 aromatic carbocycles. The van der Waals surface area contributed by atoms with E-state index >= 15 is 0 Å². The lowest BCUT2D eigenvalue weighted by Gasteiger charge is -2.28. The van der Waals surface area contributed by atoms with Crippen LogP contribution < -0.4 is 10.0 Å². The molecule has 1 saturated heterocycles. The largest absolute Gasteiger partial charge is 0.314 e. The van der Waals surface area contributed by atoms with Gasteiger partial charge in [0.25, 0.3) is 0 Å². The highest BCUT2D eigenvalue weighted by molar-refractivity contribution is 7.89. The van der Waals surface area contributed by atoms with Gasteiger partial charge in [-0.2, -0.15) is 5.26 Å². The van der Waals surface area contributed by atoms with Gasteiger partial charge in [0, 0.05) is 12.1 Å². The fourth-order valence-corrected chi connectivity index (χ4v) is 3.88. The highest BCUT2D eigenvalue weighted by atomic mass is 35.5. The number of hydrogen-bond donors (Lipinski definition) is 2. The summed E-state index contributed by atoms with van der Waals surface area (Å²) in [4.78, 5) is 0.0904. The summed E-state index contributed by atoms with van der Waals surface area (Å²) in [5, 5.41) is 12.2. The maximum atomic E-state index is 12.3. The molecular weight excluding hydrogens is 333 g/mol. The summed E-state index contributed by atoms with van der Waals surface area (Å²) in [5.74, 6) is 0. The van der Waals surface area contributed by atoms with Crippen LogP contribution in [0.2, 0.25) is 5.02 Å². The van der Waals surface area contributed by atoms with E-state index in [0.717, 1.165) is 19.4 Å². The molecule has 0 bridgehead atoms. The van der Waals surface area contributed by atoms with Crippen molar-refractivity contribution < 1.29 is 8.42 Å². The summed E-state index contributed by atoms with van der Waals surface area (Å²) in [5.41, 5.74) is 0.265. The van der Waals surface area contributed by atoms with Gasteiger partial charge in [-0.15, -0.1) is 12.4 Å². The summed E-state index contributed by atoms with van der Waals surface area (Å²) >= 11 is 5.88. The van der Waals surface area contributed by atoms with Crippen LogP contribution >= 0.6 is 24.0 Å². The molecule has 2 unspecified atom stereocenters. The van der Waals surface area contributed by atoms with Crippen molar-refractivity contribution in [3.05, 3.63) is 28.8 Å². The number of piperidine rings is 1. The zero-order valence-electron chi connectivity index (χ0n) is 11.5. The number of halogens is 2. The predicted molar refractivity (Wildman–Crippen MR) is 84.2 cm³/mol. The Balaban J connectivity index is 0.00000220. The lowest BCUT2D eigenvalue weighted by Crippen LogP contribution is -2.46. The Labute approximate surface area is 136 Å². The summed E-state index contributed by atoms with van der Waals surface area (Å²) in [6, 6.07) is 6.25. The predicted octanol–water partition coefficient (Wildman–Crippen LogP) is 2.05. The Morgan fingerprint density at radius 2 is 2.19 bits per heavy atom. The Morgan fingerprint density at radius 3 is 2.76 bits per heavy atom. The summed E-state index contributed by atoms with van der Waals surface area (Å²) in [6.45, 7) is 2.82. The molecule has 1 aliphatic heterocycles. The van der Waals surface area contributed by atoms with E-state index in [-0.39, 0.29) is 33.9 Å². The van der Waals surface area contributed by atoms with Gasteiger partial charge in [-0.1, -0.05) is 11.6 Å². The van der Waals surface area contributed by atoms with E-state index in [1.807, 2.05) is 13.0 Å². The van der Waals surface area contributed by atoms with Crippen LogP contribution in [0.15, 0.2) is 23.1 Å². The van der Waals surface area contributed by atoms with Crippen molar-refractivity contribution in [3.63, 3.8) is 0 Å². The van der Waals surface area contributed by atoms with Crippen molar-refractivity contribution in [3.8, 4) is 6.07 Å². The van der Waals surface area contributed by atoms with Gasteiger partial charge in [0.2, 0.25) is 10.0 Å². The van der Waals surface area contributed by atoms with Crippen molar-refractivity contribution >= 4 is 34.0 Å². The van der Waals surface area contributed by atoms with E-state index < -0.39 is 10.0 Å². The summed E-state index contributed by atoms with van der Waals surface area (Å²) in [7, 11) is -3.60. The first-order chi connectivity index (χ1) is 9.42. The molecule has 8 heteroatoms. The Bertz CT molecular complexity index is 643. The SMILES string of the molecule is CC1CC(NS(=O)(=O)c2ccc(C#N)c(Cl)c2)CCN1.Cl. The minimum absolute atomic E-state index is 0. The monoisotopic (exact) mass is 349 g/mol. The normalized spacial score (nSPS) is 22.1. The van der Waals surface area contributed by atoms with Gasteiger partial charge in [-0.3, -0.25) is 0 Å². The number of nitrogens with one attached hydrogen (secondary N) is 2. The molecule has 1 aliphatic rings. The van der Waals surface area contributed by atoms with Crippen molar-refractivity contribution in [2.24, 2.45) is 0 Å². The van der Waals surface area contributed by atoms with Gasteiger partial charge >= 0.3 is 0 Å². The molecule has 116 valence electrons. The highest BCUT2D eigenvalue weighted by Gasteiger charge is 2.24. The number of hydrogen-bond acceptors (Lipinski definition) is 4. The quantitative estimate of drug-likeness (QED) is 0.874. The van der Waals surface area contributed by atoms with E-state index in [0.29, 0.717) is 6.04 Å². The molecule has 1 heterocycles. The van der Waals surface area contributed by atoms with Crippen LogP contribution in [-0.2, 0) is 10.0 Å². The Kier molecular flexibility index (Phi) is 6.44. The summed E-state index contributed by atoms with van der Waals surface area (Å²) in [6.07, 6.45) is 1.51. The molecule has 0 radical (unpaired) electrons. The van der Waals surface area contributed by atoms with Crippen LogP contribution in [0.25, 0.3) is 0 Å². The second-order valence-electron chi connectivity index (χ2n) is 4.95. The van der Waals surface area contributed by atoms with Gasteiger partial charge in [-0.05, 0) is 44.5 Å². The van der Waals surface area contributed by atoms with Gasteiger partial charge in [0.05, 0.1) is 15.5 Å². The molecule has 2 atom stereocenters. The van der Waals surface area contributed by atoms with Crippen molar-refractivity contribution in [1.82, 2.24) is 10.0 Å². The van der Waals surface area contributed by atoms with E-state index in [2.05, 4.69) is 10.0 Å². The lowest BCUT2D eigenvalue weighted by molar-refractivity contribution is 0.361. The van der Waals surface area contributed by atoms with Gasteiger partial charge in [0.15, 0.2) is 0 Å². The van der Waals surface area contributed by atoms with Crippen LogP contribution in [0.5, 0.6) is 0 Å². The first kappa shape index (κ1) is 18.2. The minimum Gasteiger partial charge on any atom is -0.314 e. The average molecular weight is 350 g/mol. The molecule has 5 nitrogen and oxygen atoms in total. The van der Waals surface area contributed by atoms with Gasteiger partial charge in [-0.25, -0.2) is 13.1 Å². The molecule has 0 aliphatic carbocycles. The molecule has 2 rings (SSSR count). The third kappa shape index (κ3) is 4.56. The molecule has 1 fully saturated rings. The third-order valence-corrected chi connectivity index (χ3v) is 5.15. The zero-order chi connectivity index (χ0) is 14.8.